The van der Waals surface area contributed by atoms with Gasteiger partial charge in [-0.05, 0) is 76.0 Å². The van der Waals surface area contributed by atoms with Crippen LogP contribution in [0.3, 0.4) is 0 Å². The minimum absolute atomic E-state index is 0.0145. The van der Waals surface area contributed by atoms with E-state index in [1.54, 1.807) is 37.8 Å². The first-order valence-electron chi connectivity index (χ1n) is 14.0. The summed E-state index contributed by atoms with van der Waals surface area (Å²) in [5, 5.41) is 12.4. The summed E-state index contributed by atoms with van der Waals surface area (Å²) in [5.74, 6) is -0.0559. The number of amides is 3. The van der Waals surface area contributed by atoms with Gasteiger partial charge in [-0.15, -0.1) is 0 Å². The first kappa shape index (κ1) is 27.4. The lowest BCUT2D eigenvalue weighted by Gasteiger charge is -2.40. The molecule has 0 spiro atoms. The second-order valence-corrected chi connectivity index (χ2v) is 12.6. The Morgan fingerprint density at radius 1 is 1.18 bits per heavy atom. The van der Waals surface area contributed by atoms with Gasteiger partial charge < -0.3 is 19.9 Å². The summed E-state index contributed by atoms with van der Waals surface area (Å²) < 4.78 is 19.0. The number of nitrogens with one attached hydrogen (secondary N) is 1. The molecule has 0 aromatic heterocycles. The lowest BCUT2D eigenvalue weighted by Crippen LogP contribution is -2.59. The second kappa shape index (κ2) is 10.4. The van der Waals surface area contributed by atoms with Crippen molar-refractivity contribution in [1.29, 1.82) is 5.26 Å². The number of hydrogen-bond donors (Lipinski definition) is 1. The number of hydrogen-bond acceptors (Lipinski definition) is 6. The third-order valence-corrected chi connectivity index (χ3v) is 8.24. The van der Waals surface area contributed by atoms with Gasteiger partial charge in [-0.1, -0.05) is 19.1 Å². The molecule has 0 radical (unpaired) electrons. The van der Waals surface area contributed by atoms with E-state index in [2.05, 4.69) is 11.4 Å². The summed E-state index contributed by atoms with van der Waals surface area (Å²) in [5.41, 5.74) is 0.216. The summed E-state index contributed by atoms with van der Waals surface area (Å²) in [6.45, 7) is 8.44. The van der Waals surface area contributed by atoms with Gasteiger partial charge in [-0.25, -0.2) is 9.18 Å². The van der Waals surface area contributed by atoms with Crippen LogP contribution in [0.15, 0.2) is 24.3 Å². The van der Waals surface area contributed by atoms with E-state index < -0.39 is 29.8 Å². The standard InChI is InChI=1S/C29H38FN5O4/c1-17-11-21(13-31)34(14-17)26(36)23(32-28(38)39-29(2,3)4)16-33-15-22-12-24(33)27(37)35(22)25(18-5-6-18)19-7-9-20(30)10-8-19/h7-10,17-18,21-25H,5-6,11-12,14-16H2,1-4H3,(H,32,38)/t17?,21?,22-,23?,24?,25?/m0/s1. The highest BCUT2D eigenvalue weighted by Crippen LogP contribution is 2.49. The quantitative estimate of drug-likeness (QED) is 0.571. The molecule has 210 valence electrons. The number of fused-ring (bicyclic) bond motifs is 2. The number of carbonyl (C=O) groups excluding carboxylic acids is 3. The highest BCUT2D eigenvalue weighted by Gasteiger charge is 2.55. The summed E-state index contributed by atoms with van der Waals surface area (Å²) in [7, 11) is 0. The number of likely N-dealkylation sites (tertiary alicyclic amines) is 3. The number of benzene rings is 1. The van der Waals surface area contributed by atoms with Gasteiger partial charge in [0, 0.05) is 25.7 Å². The average molecular weight is 540 g/mol. The Morgan fingerprint density at radius 2 is 1.87 bits per heavy atom. The molecule has 5 rings (SSSR count). The molecule has 3 heterocycles. The summed E-state index contributed by atoms with van der Waals surface area (Å²) in [4.78, 5) is 45.6. The van der Waals surface area contributed by atoms with Crippen LogP contribution in [0.4, 0.5) is 9.18 Å². The van der Waals surface area contributed by atoms with Gasteiger partial charge in [0.05, 0.1) is 18.2 Å². The van der Waals surface area contributed by atoms with Crippen molar-refractivity contribution >= 4 is 17.9 Å². The molecular weight excluding hydrogens is 501 g/mol. The normalized spacial score (nSPS) is 28.4. The van der Waals surface area contributed by atoms with Crippen LogP contribution >= 0.6 is 0 Å². The minimum Gasteiger partial charge on any atom is -0.444 e. The maximum absolute atomic E-state index is 13.7. The van der Waals surface area contributed by atoms with Crippen LogP contribution in [0, 0.1) is 29.0 Å². The monoisotopic (exact) mass is 539 g/mol. The molecule has 4 aliphatic rings. The first-order valence-corrected chi connectivity index (χ1v) is 14.0. The van der Waals surface area contributed by atoms with Crippen LogP contribution < -0.4 is 5.32 Å². The first-order chi connectivity index (χ1) is 18.4. The highest BCUT2D eigenvalue weighted by atomic mass is 19.1. The predicted molar refractivity (Wildman–Crippen MR) is 141 cm³/mol. The number of ether oxygens (including phenoxy) is 1. The lowest BCUT2D eigenvalue weighted by atomic mass is 9.99. The number of alkyl carbamates (subject to hydrolysis) is 1. The smallest absolute Gasteiger partial charge is 0.408 e. The molecule has 9 nitrogen and oxygen atoms in total. The predicted octanol–water partition coefficient (Wildman–Crippen LogP) is 3.22. The number of piperazine rings is 1. The van der Waals surface area contributed by atoms with Crippen molar-refractivity contribution in [1.82, 2.24) is 20.0 Å². The molecule has 1 aromatic carbocycles. The molecule has 5 unspecified atom stereocenters. The van der Waals surface area contributed by atoms with E-state index in [4.69, 9.17) is 4.74 Å². The molecular formula is C29H38FN5O4. The third-order valence-electron chi connectivity index (χ3n) is 8.24. The molecule has 6 atom stereocenters. The third kappa shape index (κ3) is 5.74. The molecule has 39 heavy (non-hydrogen) atoms. The van der Waals surface area contributed by atoms with Gasteiger partial charge in [0.2, 0.25) is 11.8 Å². The van der Waals surface area contributed by atoms with Crippen molar-refractivity contribution in [3.05, 3.63) is 35.6 Å². The molecule has 3 saturated heterocycles. The molecule has 2 bridgehead atoms. The van der Waals surface area contributed by atoms with Gasteiger partial charge in [-0.2, -0.15) is 5.26 Å². The zero-order chi connectivity index (χ0) is 28.1. The van der Waals surface area contributed by atoms with Crippen molar-refractivity contribution in [2.75, 3.05) is 19.6 Å². The maximum Gasteiger partial charge on any atom is 0.408 e. The maximum atomic E-state index is 13.7. The Labute approximate surface area is 229 Å². The molecule has 1 N–H and O–H groups in total. The Balaban J connectivity index is 1.32. The highest BCUT2D eigenvalue weighted by molar-refractivity contribution is 5.88. The van der Waals surface area contributed by atoms with Crippen LogP contribution in [0.5, 0.6) is 0 Å². The van der Waals surface area contributed by atoms with E-state index in [-0.39, 0.29) is 42.2 Å². The van der Waals surface area contributed by atoms with Crippen LogP contribution in [0.2, 0.25) is 0 Å². The van der Waals surface area contributed by atoms with Crippen LogP contribution in [-0.2, 0) is 14.3 Å². The fourth-order valence-corrected chi connectivity index (χ4v) is 6.47. The Morgan fingerprint density at radius 3 is 2.46 bits per heavy atom. The Kier molecular flexibility index (Phi) is 7.31. The van der Waals surface area contributed by atoms with Gasteiger partial charge in [-0.3, -0.25) is 14.5 Å². The fourth-order valence-electron chi connectivity index (χ4n) is 6.47. The van der Waals surface area contributed by atoms with E-state index >= 15 is 0 Å². The van der Waals surface area contributed by atoms with Crippen molar-refractivity contribution in [3.63, 3.8) is 0 Å². The minimum atomic E-state index is -0.946. The largest absolute Gasteiger partial charge is 0.444 e. The van der Waals surface area contributed by atoms with E-state index in [1.165, 1.54) is 12.1 Å². The molecule has 1 aliphatic carbocycles. The van der Waals surface area contributed by atoms with E-state index in [0.717, 1.165) is 18.4 Å². The summed E-state index contributed by atoms with van der Waals surface area (Å²) in [6, 6.07) is 6.68. The molecule has 10 heteroatoms. The molecule has 1 saturated carbocycles. The fraction of sp³-hybridized carbons (Fsp3) is 0.655. The Bertz CT molecular complexity index is 1160. The number of rotatable bonds is 7. The van der Waals surface area contributed by atoms with Gasteiger partial charge in [0.1, 0.15) is 23.5 Å². The van der Waals surface area contributed by atoms with Gasteiger partial charge in [0.25, 0.3) is 0 Å². The lowest BCUT2D eigenvalue weighted by molar-refractivity contribution is -0.142. The van der Waals surface area contributed by atoms with Gasteiger partial charge >= 0.3 is 6.09 Å². The zero-order valence-electron chi connectivity index (χ0n) is 23.1. The molecule has 4 fully saturated rings. The summed E-state index contributed by atoms with van der Waals surface area (Å²) in [6.07, 6.45) is 2.62. The average Bonchev–Trinajstić information content (AvgIpc) is 3.39. The topological polar surface area (TPSA) is 106 Å². The molecule has 3 amide bonds. The number of carbonyl (C=O) groups is 3. The zero-order valence-corrected chi connectivity index (χ0v) is 23.1. The van der Waals surface area contributed by atoms with Gasteiger partial charge in [0.15, 0.2) is 0 Å². The van der Waals surface area contributed by atoms with Crippen LogP contribution in [0.25, 0.3) is 0 Å². The van der Waals surface area contributed by atoms with Crippen molar-refractivity contribution < 1.29 is 23.5 Å². The molecule has 3 aliphatic heterocycles. The Hall–Kier alpha value is -3.19. The van der Waals surface area contributed by atoms with Crippen LogP contribution in [-0.4, -0.2) is 82.0 Å². The van der Waals surface area contributed by atoms with Crippen LogP contribution in [0.1, 0.15) is 65.0 Å². The van der Waals surface area contributed by atoms with E-state index in [9.17, 15) is 24.0 Å². The summed E-state index contributed by atoms with van der Waals surface area (Å²) >= 11 is 0. The van der Waals surface area contributed by atoms with E-state index in [1.807, 2.05) is 16.7 Å². The second-order valence-electron chi connectivity index (χ2n) is 12.6. The number of nitrogens with zero attached hydrogens (tertiary/aromatic N) is 4. The van der Waals surface area contributed by atoms with Crippen molar-refractivity contribution in [2.45, 2.75) is 89.2 Å². The molecule has 1 aromatic rings. The SMILES string of the molecule is CC1CC(C#N)N(C(=O)C(CN2C[C@@H]3CC2C(=O)N3C(c2ccc(F)cc2)C2CC2)NC(=O)OC(C)(C)C)C1. The van der Waals surface area contributed by atoms with E-state index in [0.29, 0.717) is 31.8 Å². The number of nitriles is 1. The van der Waals surface area contributed by atoms with Crippen molar-refractivity contribution in [3.8, 4) is 6.07 Å². The van der Waals surface area contributed by atoms with Crippen molar-refractivity contribution in [2.24, 2.45) is 11.8 Å². The number of halogens is 1.